The number of likely N-dealkylation sites (tertiary alicyclic amines) is 1. The minimum absolute atomic E-state index is 0.0147. The third kappa shape index (κ3) is 3.88. The topological polar surface area (TPSA) is 85.6 Å². The first-order valence-electron chi connectivity index (χ1n) is 10.6. The Labute approximate surface area is 176 Å². The van der Waals surface area contributed by atoms with Crippen LogP contribution in [0, 0.1) is 16.0 Å². The highest BCUT2D eigenvalue weighted by atomic mass is 16.6. The van der Waals surface area contributed by atoms with Crippen LogP contribution in [0.1, 0.15) is 56.7 Å². The van der Waals surface area contributed by atoms with Crippen molar-refractivity contribution in [3.63, 3.8) is 0 Å². The first kappa shape index (κ1) is 20.3. The number of allylic oxidation sites excluding steroid dienone is 5. The van der Waals surface area contributed by atoms with Crippen LogP contribution in [0.2, 0.25) is 0 Å². The average molecular weight is 409 g/mol. The van der Waals surface area contributed by atoms with Gasteiger partial charge in [-0.05, 0) is 51.0 Å². The molecule has 2 heterocycles. The largest absolute Gasteiger partial charge is 0.450 e. The zero-order valence-corrected chi connectivity index (χ0v) is 17.5. The van der Waals surface area contributed by atoms with Gasteiger partial charge >= 0.3 is 6.09 Å². The molecule has 0 saturated carbocycles. The van der Waals surface area contributed by atoms with Gasteiger partial charge in [-0.15, -0.1) is 0 Å². The molecule has 1 amide bonds. The number of piperidine rings is 1. The molecule has 2 aliphatic carbocycles. The maximum Gasteiger partial charge on any atom is 0.409 e. The number of nitrogens with zero attached hydrogens (tertiary/aromatic N) is 3. The highest BCUT2D eigenvalue weighted by Gasteiger charge is 2.36. The number of nitro groups is 1. The van der Waals surface area contributed by atoms with Gasteiger partial charge in [0.15, 0.2) is 0 Å². The van der Waals surface area contributed by atoms with Crippen LogP contribution < -0.4 is 0 Å². The molecule has 7 heteroatoms. The lowest BCUT2D eigenvalue weighted by Crippen LogP contribution is -2.40. The minimum Gasteiger partial charge on any atom is -0.450 e. The van der Waals surface area contributed by atoms with Crippen molar-refractivity contribution >= 4 is 17.9 Å². The first-order valence-corrected chi connectivity index (χ1v) is 10.6. The van der Waals surface area contributed by atoms with Gasteiger partial charge in [0.2, 0.25) is 0 Å². The van der Waals surface area contributed by atoms with Crippen LogP contribution in [0.5, 0.6) is 0 Å². The predicted octanol–water partition coefficient (Wildman–Crippen LogP) is 5.01. The highest BCUT2D eigenvalue weighted by Crippen LogP contribution is 2.46. The summed E-state index contributed by atoms with van der Waals surface area (Å²) in [5.74, 6) is 0.444. The Bertz CT molecular complexity index is 955. The van der Waals surface area contributed by atoms with Gasteiger partial charge < -0.3 is 9.64 Å². The maximum atomic E-state index is 12.1. The van der Waals surface area contributed by atoms with Crippen molar-refractivity contribution in [2.75, 3.05) is 19.7 Å². The number of carbonyl (C=O) groups excluding carboxylic acids is 1. The Hall–Kier alpha value is -2.96. The predicted molar refractivity (Wildman–Crippen MR) is 114 cm³/mol. The molecular formula is C23H27N3O4. The molecule has 4 rings (SSSR count). The van der Waals surface area contributed by atoms with Crippen LogP contribution in [0.25, 0.3) is 6.08 Å². The van der Waals surface area contributed by atoms with E-state index in [0.29, 0.717) is 25.6 Å². The molecule has 7 nitrogen and oxygen atoms in total. The molecule has 0 aromatic carbocycles. The van der Waals surface area contributed by atoms with Gasteiger partial charge in [0.05, 0.1) is 17.2 Å². The molecule has 1 unspecified atom stereocenters. The van der Waals surface area contributed by atoms with Gasteiger partial charge in [-0.3, -0.25) is 15.1 Å². The van der Waals surface area contributed by atoms with E-state index in [9.17, 15) is 14.9 Å². The number of carbonyl (C=O) groups is 1. The zero-order chi connectivity index (χ0) is 21.3. The van der Waals surface area contributed by atoms with Crippen molar-refractivity contribution in [3.05, 3.63) is 62.5 Å². The smallest absolute Gasteiger partial charge is 0.409 e. The normalized spacial score (nSPS) is 21.5. The van der Waals surface area contributed by atoms with Crippen molar-refractivity contribution in [1.82, 2.24) is 9.88 Å². The maximum absolute atomic E-state index is 12.1. The summed E-state index contributed by atoms with van der Waals surface area (Å²) in [6, 6.07) is 1.63. The number of fused-ring (bicyclic) bond motifs is 1. The third-order valence-electron chi connectivity index (χ3n) is 6.36. The monoisotopic (exact) mass is 409 g/mol. The fourth-order valence-corrected chi connectivity index (χ4v) is 4.85. The van der Waals surface area contributed by atoms with Gasteiger partial charge in [0.1, 0.15) is 6.20 Å². The summed E-state index contributed by atoms with van der Waals surface area (Å²) in [7, 11) is 0. The lowest BCUT2D eigenvalue weighted by Gasteiger charge is -2.37. The van der Waals surface area contributed by atoms with E-state index >= 15 is 0 Å². The standard InChI is InChI=1S/C23H27N3O4/c1-3-30-23(27)25-10-8-16(9-11-25)21-20-7-4-15(2)12-17(20)5-6-18-13-19(26(28)29)14-24-22(18)21/h5-6,12-14,16,21H,3-4,7-11H2,1-2H3. The van der Waals surface area contributed by atoms with Crippen LogP contribution in [0.15, 0.2) is 41.1 Å². The number of aromatic nitrogens is 1. The Morgan fingerprint density at radius 1 is 1.30 bits per heavy atom. The highest BCUT2D eigenvalue weighted by molar-refractivity contribution is 5.68. The zero-order valence-electron chi connectivity index (χ0n) is 17.5. The quantitative estimate of drug-likeness (QED) is 0.518. The summed E-state index contributed by atoms with van der Waals surface area (Å²) in [6.45, 7) is 5.66. The molecule has 1 saturated heterocycles. The van der Waals surface area contributed by atoms with E-state index in [-0.39, 0.29) is 17.7 Å². The lowest BCUT2D eigenvalue weighted by atomic mass is 9.73. The summed E-state index contributed by atoms with van der Waals surface area (Å²) in [5.41, 5.74) is 5.68. The first-order chi connectivity index (χ1) is 14.5. The van der Waals surface area contributed by atoms with Gasteiger partial charge in [0, 0.05) is 30.6 Å². The molecule has 1 aromatic rings. The average Bonchev–Trinajstić information content (AvgIpc) is 2.90. The summed E-state index contributed by atoms with van der Waals surface area (Å²) >= 11 is 0. The summed E-state index contributed by atoms with van der Waals surface area (Å²) in [4.78, 5) is 29.4. The van der Waals surface area contributed by atoms with Crippen LogP contribution >= 0.6 is 0 Å². The number of amides is 1. The molecule has 3 aliphatic rings. The van der Waals surface area contributed by atoms with Crippen LogP contribution in [-0.2, 0) is 4.74 Å². The second-order valence-corrected chi connectivity index (χ2v) is 8.23. The van der Waals surface area contributed by atoms with Gasteiger partial charge in [-0.2, -0.15) is 0 Å². The van der Waals surface area contributed by atoms with E-state index in [2.05, 4.69) is 24.1 Å². The molecule has 0 N–H and O–H groups in total. The molecular weight excluding hydrogens is 382 g/mol. The minimum atomic E-state index is -0.393. The van der Waals surface area contributed by atoms with E-state index in [0.717, 1.165) is 36.9 Å². The fraction of sp³-hybridized carbons (Fsp3) is 0.478. The second-order valence-electron chi connectivity index (χ2n) is 8.23. The van der Waals surface area contributed by atoms with E-state index in [1.165, 1.54) is 22.9 Å². The second kappa shape index (κ2) is 8.42. The molecule has 1 aliphatic heterocycles. The third-order valence-corrected chi connectivity index (χ3v) is 6.36. The molecule has 1 aromatic heterocycles. The van der Waals surface area contributed by atoms with Crippen molar-refractivity contribution in [2.45, 2.75) is 45.4 Å². The molecule has 1 atom stereocenters. The number of pyridine rings is 1. The summed E-state index contributed by atoms with van der Waals surface area (Å²) in [5, 5.41) is 11.3. The number of ether oxygens (including phenoxy) is 1. The van der Waals surface area contributed by atoms with Crippen molar-refractivity contribution < 1.29 is 14.5 Å². The van der Waals surface area contributed by atoms with E-state index < -0.39 is 4.92 Å². The Morgan fingerprint density at radius 2 is 2.07 bits per heavy atom. The number of hydrogen-bond donors (Lipinski definition) is 0. The Balaban J connectivity index is 1.69. The number of hydrogen-bond acceptors (Lipinski definition) is 5. The Kier molecular flexibility index (Phi) is 5.70. The van der Waals surface area contributed by atoms with Crippen LogP contribution in [-0.4, -0.2) is 40.6 Å². The summed E-state index contributed by atoms with van der Waals surface area (Å²) < 4.78 is 5.16. The van der Waals surface area contributed by atoms with Gasteiger partial charge in [-0.1, -0.05) is 29.4 Å². The van der Waals surface area contributed by atoms with Gasteiger partial charge in [-0.25, -0.2) is 4.79 Å². The number of rotatable bonds is 3. The SMILES string of the molecule is CCOC(=O)N1CCC(C2C3=C(C=Cc4cc([N+](=O)[O-])cnc42)C=C(C)CC3)CC1. The summed E-state index contributed by atoms with van der Waals surface area (Å²) in [6.07, 6.45) is 11.1. The molecule has 30 heavy (non-hydrogen) atoms. The van der Waals surface area contributed by atoms with E-state index in [4.69, 9.17) is 4.74 Å². The van der Waals surface area contributed by atoms with Crippen molar-refractivity contribution in [2.24, 2.45) is 5.92 Å². The molecule has 1 fully saturated rings. The van der Waals surface area contributed by atoms with E-state index in [1.807, 2.05) is 13.0 Å². The van der Waals surface area contributed by atoms with Gasteiger partial charge in [0.25, 0.3) is 5.69 Å². The molecule has 0 spiro atoms. The lowest BCUT2D eigenvalue weighted by molar-refractivity contribution is -0.385. The molecule has 0 radical (unpaired) electrons. The van der Waals surface area contributed by atoms with Crippen molar-refractivity contribution in [1.29, 1.82) is 0 Å². The fourth-order valence-electron chi connectivity index (χ4n) is 4.85. The molecule has 158 valence electrons. The molecule has 0 bridgehead atoms. The van der Waals surface area contributed by atoms with Crippen LogP contribution in [0.3, 0.4) is 0 Å². The van der Waals surface area contributed by atoms with E-state index in [1.54, 1.807) is 11.0 Å². The Morgan fingerprint density at radius 3 is 2.77 bits per heavy atom. The van der Waals surface area contributed by atoms with Crippen LogP contribution in [0.4, 0.5) is 10.5 Å². The van der Waals surface area contributed by atoms with Crippen molar-refractivity contribution in [3.8, 4) is 0 Å².